The van der Waals surface area contributed by atoms with E-state index >= 15 is 0 Å². The number of halogens is 1. The molecule has 25 heavy (non-hydrogen) atoms. The minimum Gasteiger partial charge on any atom is -0.332 e. The van der Waals surface area contributed by atoms with Gasteiger partial charge in [0.05, 0.1) is 0 Å². The molecule has 7 heteroatoms. The minimum absolute atomic E-state index is 0.0604. The SMILES string of the molecule is CCC(=O)Nc1cccc(NC(=S)NC(=O)c2cccc(I)c2)c1C. The zero-order valence-electron chi connectivity index (χ0n) is 13.9. The predicted molar refractivity (Wildman–Crippen MR) is 113 cm³/mol. The van der Waals surface area contributed by atoms with Gasteiger partial charge in [-0.1, -0.05) is 19.1 Å². The fourth-order valence-corrected chi connectivity index (χ4v) is 2.85. The van der Waals surface area contributed by atoms with Gasteiger partial charge in [-0.25, -0.2) is 0 Å². The maximum atomic E-state index is 12.2. The first-order valence-corrected chi connectivity index (χ1v) is 9.16. The van der Waals surface area contributed by atoms with Crippen molar-refractivity contribution in [1.29, 1.82) is 0 Å². The van der Waals surface area contributed by atoms with E-state index in [0.29, 0.717) is 17.7 Å². The van der Waals surface area contributed by atoms with Crippen molar-refractivity contribution in [2.45, 2.75) is 20.3 Å². The Morgan fingerprint density at radius 2 is 1.72 bits per heavy atom. The van der Waals surface area contributed by atoms with Gasteiger partial charge in [-0.3, -0.25) is 14.9 Å². The smallest absolute Gasteiger partial charge is 0.257 e. The highest BCUT2D eigenvalue weighted by atomic mass is 127. The lowest BCUT2D eigenvalue weighted by atomic mass is 10.1. The Morgan fingerprint density at radius 3 is 2.36 bits per heavy atom. The van der Waals surface area contributed by atoms with E-state index < -0.39 is 0 Å². The van der Waals surface area contributed by atoms with E-state index in [2.05, 4.69) is 38.5 Å². The summed E-state index contributed by atoms with van der Waals surface area (Å²) in [4.78, 5) is 23.8. The number of carbonyl (C=O) groups excluding carboxylic acids is 2. The fraction of sp³-hybridized carbons (Fsp3) is 0.167. The van der Waals surface area contributed by atoms with Crippen molar-refractivity contribution >= 4 is 63.1 Å². The molecule has 0 saturated heterocycles. The lowest BCUT2D eigenvalue weighted by molar-refractivity contribution is -0.115. The molecular weight excluding hydrogens is 449 g/mol. The number of anilines is 2. The highest BCUT2D eigenvalue weighted by Crippen LogP contribution is 2.23. The van der Waals surface area contributed by atoms with Crippen LogP contribution in [0.3, 0.4) is 0 Å². The standard InChI is InChI=1S/C18H18IN3O2S/c1-3-16(23)20-14-8-5-9-15(11(14)2)21-18(25)22-17(24)12-6-4-7-13(19)10-12/h4-10H,3H2,1-2H3,(H,20,23)(H2,21,22,24,25). The summed E-state index contributed by atoms with van der Waals surface area (Å²) in [6, 6.07) is 12.7. The molecule has 0 radical (unpaired) electrons. The summed E-state index contributed by atoms with van der Waals surface area (Å²) in [7, 11) is 0. The molecule has 0 bridgehead atoms. The van der Waals surface area contributed by atoms with E-state index in [0.717, 1.165) is 14.8 Å². The third kappa shape index (κ3) is 5.50. The molecule has 0 fully saturated rings. The van der Waals surface area contributed by atoms with Crippen molar-refractivity contribution in [2.24, 2.45) is 0 Å². The molecule has 0 unspecified atom stereocenters. The molecule has 0 aliphatic carbocycles. The third-order valence-corrected chi connectivity index (χ3v) is 4.37. The van der Waals surface area contributed by atoms with E-state index in [-0.39, 0.29) is 16.9 Å². The van der Waals surface area contributed by atoms with E-state index in [1.807, 2.05) is 37.3 Å². The second-order valence-electron chi connectivity index (χ2n) is 5.30. The molecule has 0 spiro atoms. The van der Waals surface area contributed by atoms with Crippen LogP contribution in [0.1, 0.15) is 29.3 Å². The normalized spacial score (nSPS) is 10.0. The Bertz CT molecular complexity index is 824. The Morgan fingerprint density at radius 1 is 1.08 bits per heavy atom. The van der Waals surface area contributed by atoms with Crippen LogP contribution in [0.5, 0.6) is 0 Å². The minimum atomic E-state index is -0.274. The molecule has 3 N–H and O–H groups in total. The summed E-state index contributed by atoms with van der Waals surface area (Å²) in [5.41, 5.74) is 2.82. The van der Waals surface area contributed by atoms with Crippen LogP contribution in [0.4, 0.5) is 11.4 Å². The Labute approximate surface area is 165 Å². The average Bonchev–Trinajstić information content (AvgIpc) is 2.58. The third-order valence-electron chi connectivity index (χ3n) is 3.49. The average molecular weight is 467 g/mol. The molecule has 5 nitrogen and oxygen atoms in total. The zero-order chi connectivity index (χ0) is 18.4. The molecular formula is C18H18IN3O2S. The Kier molecular flexibility index (Phi) is 6.89. The number of amides is 2. The van der Waals surface area contributed by atoms with Crippen molar-refractivity contribution in [3.05, 3.63) is 57.2 Å². The summed E-state index contributed by atoms with van der Waals surface area (Å²) in [5, 5.41) is 8.70. The number of hydrogen-bond acceptors (Lipinski definition) is 3. The summed E-state index contributed by atoms with van der Waals surface area (Å²) in [6.07, 6.45) is 0.404. The lowest BCUT2D eigenvalue weighted by Crippen LogP contribution is -2.34. The summed E-state index contributed by atoms with van der Waals surface area (Å²) >= 11 is 7.37. The second-order valence-corrected chi connectivity index (χ2v) is 6.95. The van der Waals surface area contributed by atoms with Crippen LogP contribution >= 0.6 is 34.8 Å². The van der Waals surface area contributed by atoms with Crippen LogP contribution in [0.25, 0.3) is 0 Å². The maximum Gasteiger partial charge on any atom is 0.257 e. The van der Waals surface area contributed by atoms with E-state index in [1.54, 1.807) is 19.1 Å². The molecule has 2 amide bonds. The first kappa shape index (κ1) is 19.3. The van der Waals surface area contributed by atoms with Gasteiger partial charge in [-0.05, 0) is 77.6 Å². The van der Waals surface area contributed by atoms with Gasteiger partial charge in [0.25, 0.3) is 5.91 Å². The van der Waals surface area contributed by atoms with Crippen molar-refractivity contribution in [1.82, 2.24) is 5.32 Å². The molecule has 0 atom stereocenters. The summed E-state index contributed by atoms with van der Waals surface area (Å²) in [6.45, 7) is 3.67. The van der Waals surface area contributed by atoms with Crippen LogP contribution in [-0.4, -0.2) is 16.9 Å². The molecule has 0 heterocycles. The monoisotopic (exact) mass is 467 g/mol. The number of nitrogens with one attached hydrogen (secondary N) is 3. The van der Waals surface area contributed by atoms with Gasteiger partial charge in [-0.2, -0.15) is 0 Å². The Hall–Kier alpha value is -2.00. The largest absolute Gasteiger partial charge is 0.332 e. The van der Waals surface area contributed by atoms with Crippen LogP contribution in [-0.2, 0) is 4.79 Å². The number of thiocarbonyl (C=S) groups is 1. The topological polar surface area (TPSA) is 70.2 Å². The predicted octanol–water partition coefficient (Wildman–Crippen LogP) is 4.07. The molecule has 0 aromatic heterocycles. The van der Waals surface area contributed by atoms with Gasteiger partial charge < -0.3 is 10.6 Å². The molecule has 2 rings (SSSR count). The summed E-state index contributed by atoms with van der Waals surface area (Å²) in [5.74, 6) is -0.334. The number of rotatable bonds is 4. The zero-order valence-corrected chi connectivity index (χ0v) is 16.8. The van der Waals surface area contributed by atoms with Crippen molar-refractivity contribution in [3.8, 4) is 0 Å². The van der Waals surface area contributed by atoms with E-state index in [9.17, 15) is 9.59 Å². The van der Waals surface area contributed by atoms with Gasteiger partial charge >= 0.3 is 0 Å². The van der Waals surface area contributed by atoms with Crippen LogP contribution in [0.15, 0.2) is 42.5 Å². The Balaban J connectivity index is 2.06. The second kappa shape index (κ2) is 8.91. The summed E-state index contributed by atoms with van der Waals surface area (Å²) < 4.78 is 0.972. The first-order chi connectivity index (χ1) is 11.9. The number of carbonyl (C=O) groups is 2. The molecule has 0 aliphatic heterocycles. The van der Waals surface area contributed by atoms with Crippen LogP contribution in [0.2, 0.25) is 0 Å². The molecule has 2 aromatic carbocycles. The highest BCUT2D eigenvalue weighted by molar-refractivity contribution is 14.1. The van der Waals surface area contributed by atoms with Crippen molar-refractivity contribution < 1.29 is 9.59 Å². The van der Waals surface area contributed by atoms with Gasteiger partial charge in [-0.15, -0.1) is 0 Å². The van der Waals surface area contributed by atoms with Gasteiger partial charge in [0, 0.05) is 26.9 Å². The van der Waals surface area contributed by atoms with Crippen molar-refractivity contribution in [2.75, 3.05) is 10.6 Å². The van der Waals surface area contributed by atoms with Gasteiger partial charge in [0.2, 0.25) is 5.91 Å². The molecule has 0 saturated carbocycles. The quantitative estimate of drug-likeness (QED) is 0.469. The number of hydrogen-bond donors (Lipinski definition) is 3. The number of benzene rings is 2. The van der Waals surface area contributed by atoms with E-state index in [1.165, 1.54) is 0 Å². The molecule has 130 valence electrons. The molecule has 2 aromatic rings. The molecule has 0 aliphatic rings. The van der Waals surface area contributed by atoms with Crippen LogP contribution in [0, 0.1) is 10.5 Å². The highest BCUT2D eigenvalue weighted by Gasteiger charge is 2.11. The maximum absolute atomic E-state index is 12.2. The van der Waals surface area contributed by atoms with Crippen LogP contribution < -0.4 is 16.0 Å². The van der Waals surface area contributed by atoms with Gasteiger partial charge in [0.15, 0.2) is 5.11 Å². The van der Waals surface area contributed by atoms with E-state index in [4.69, 9.17) is 12.2 Å². The van der Waals surface area contributed by atoms with Crippen molar-refractivity contribution in [3.63, 3.8) is 0 Å². The van der Waals surface area contributed by atoms with Gasteiger partial charge in [0.1, 0.15) is 0 Å². The lowest BCUT2D eigenvalue weighted by Gasteiger charge is -2.15. The fourth-order valence-electron chi connectivity index (χ4n) is 2.10. The first-order valence-electron chi connectivity index (χ1n) is 7.68.